The average Bonchev–Trinajstić information content (AvgIpc) is 2.37. The van der Waals surface area contributed by atoms with Gasteiger partial charge < -0.3 is 9.64 Å². The molecule has 0 aliphatic carbocycles. The normalized spacial score (nSPS) is 10.9. The number of hydrogen-bond acceptors (Lipinski definition) is 3. The SMILES string of the molecule is C=C(CC)N(CCCC)C(=O)C(Cl)(Cl)C(=O)OC. The molecule has 0 atom stereocenters. The van der Waals surface area contributed by atoms with Crippen LogP contribution in [0.25, 0.3) is 0 Å². The van der Waals surface area contributed by atoms with Crippen molar-refractivity contribution < 1.29 is 14.3 Å². The number of allylic oxidation sites excluding steroid dienone is 1. The van der Waals surface area contributed by atoms with E-state index in [1.807, 2.05) is 13.8 Å². The molecule has 0 spiro atoms. The second kappa shape index (κ2) is 7.64. The molecular formula is C12H19Cl2NO3. The van der Waals surface area contributed by atoms with Crippen molar-refractivity contribution in [3.8, 4) is 0 Å². The zero-order valence-electron chi connectivity index (χ0n) is 11.0. The molecule has 0 aliphatic heterocycles. The molecule has 6 heteroatoms. The Kier molecular flexibility index (Phi) is 7.33. The minimum absolute atomic E-state index is 0.431. The number of esters is 1. The molecule has 0 aliphatic rings. The maximum atomic E-state index is 12.2. The predicted octanol–water partition coefficient (Wildman–Crippen LogP) is 2.89. The van der Waals surface area contributed by atoms with E-state index in [0.717, 1.165) is 20.0 Å². The number of unbranched alkanes of at least 4 members (excludes halogenated alkanes) is 1. The van der Waals surface area contributed by atoms with Gasteiger partial charge in [-0.25, -0.2) is 4.79 Å². The third-order valence-corrected chi connectivity index (χ3v) is 3.11. The molecule has 0 rings (SSSR count). The lowest BCUT2D eigenvalue weighted by Crippen LogP contribution is -2.47. The van der Waals surface area contributed by atoms with Crippen molar-refractivity contribution in [2.45, 2.75) is 37.4 Å². The van der Waals surface area contributed by atoms with Crippen molar-refractivity contribution in [2.24, 2.45) is 0 Å². The zero-order chi connectivity index (χ0) is 14.3. The first-order chi connectivity index (χ1) is 8.32. The first-order valence-electron chi connectivity index (χ1n) is 5.78. The molecule has 18 heavy (non-hydrogen) atoms. The molecule has 0 fully saturated rings. The standard InChI is InChI=1S/C12H19Cl2NO3/c1-5-7-8-15(9(3)6-2)10(16)12(13,14)11(17)18-4/h3,5-8H2,1-2,4H3. The van der Waals surface area contributed by atoms with E-state index in [-0.39, 0.29) is 0 Å². The fraction of sp³-hybridized carbons (Fsp3) is 0.667. The summed E-state index contributed by atoms with van der Waals surface area (Å²) in [4.78, 5) is 24.9. The largest absolute Gasteiger partial charge is 0.466 e. The zero-order valence-corrected chi connectivity index (χ0v) is 12.5. The van der Waals surface area contributed by atoms with E-state index in [1.165, 1.54) is 4.90 Å². The number of alkyl halides is 2. The van der Waals surface area contributed by atoms with Crippen molar-refractivity contribution in [3.05, 3.63) is 12.3 Å². The fourth-order valence-corrected chi connectivity index (χ4v) is 1.65. The van der Waals surface area contributed by atoms with E-state index in [4.69, 9.17) is 23.2 Å². The van der Waals surface area contributed by atoms with Crippen molar-refractivity contribution in [3.63, 3.8) is 0 Å². The molecule has 0 saturated carbocycles. The molecule has 0 aromatic heterocycles. The highest BCUT2D eigenvalue weighted by molar-refractivity contribution is 6.67. The summed E-state index contributed by atoms with van der Waals surface area (Å²) in [6, 6.07) is 0. The lowest BCUT2D eigenvalue weighted by atomic mass is 10.2. The van der Waals surface area contributed by atoms with Gasteiger partial charge in [0.1, 0.15) is 0 Å². The number of halogens is 2. The van der Waals surface area contributed by atoms with Gasteiger partial charge in [0.25, 0.3) is 10.2 Å². The van der Waals surface area contributed by atoms with Gasteiger partial charge in [-0.1, -0.05) is 50.0 Å². The number of hydrogen-bond donors (Lipinski definition) is 0. The van der Waals surface area contributed by atoms with Gasteiger partial charge in [-0.15, -0.1) is 0 Å². The molecule has 0 N–H and O–H groups in total. The molecule has 0 heterocycles. The Hall–Kier alpha value is -0.740. The molecule has 0 aromatic rings. The second-order valence-electron chi connectivity index (χ2n) is 3.80. The Balaban J connectivity index is 5.05. The predicted molar refractivity (Wildman–Crippen MR) is 72.5 cm³/mol. The highest BCUT2D eigenvalue weighted by atomic mass is 35.5. The van der Waals surface area contributed by atoms with Gasteiger partial charge in [-0.2, -0.15) is 0 Å². The highest BCUT2D eigenvalue weighted by Gasteiger charge is 2.46. The quantitative estimate of drug-likeness (QED) is 0.412. The fourth-order valence-electron chi connectivity index (χ4n) is 1.30. The summed E-state index contributed by atoms with van der Waals surface area (Å²) in [7, 11) is 1.13. The number of carbonyl (C=O) groups is 2. The molecular weight excluding hydrogens is 277 g/mol. The first-order valence-corrected chi connectivity index (χ1v) is 6.54. The molecule has 0 saturated heterocycles. The van der Waals surface area contributed by atoms with Gasteiger partial charge >= 0.3 is 5.97 Å². The van der Waals surface area contributed by atoms with Crippen LogP contribution in [0.5, 0.6) is 0 Å². The average molecular weight is 296 g/mol. The maximum absolute atomic E-state index is 12.2. The summed E-state index contributed by atoms with van der Waals surface area (Å²) in [6.45, 7) is 8.06. The lowest BCUT2D eigenvalue weighted by Gasteiger charge is -2.28. The van der Waals surface area contributed by atoms with Crippen LogP contribution in [-0.4, -0.2) is 34.8 Å². The Bertz CT molecular complexity index is 329. The number of carbonyl (C=O) groups excluding carboxylic acids is 2. The molecule has 104 valence electrons. The molecule has 1 amide bonds. The summed E-state index contributed by atoms with van der Waals surface area (Å²) in [5.41, 5.74) is 0.572. The summed E-state index contributed by atoms with van der Waals surface area (Å²) >= 11 is 11.5. The van der Waals surface area contributed by atoms with Gasteiger partial charge in [0, 0.05) is 12.2 Å². The van der Waals surface area contributed by atoms with Crippen molar-refractivity contribution in [2.75, 3.05) is 13.7 Å². The van der Waals surface area contributed by atoms with Crippen LogP contribution in [0.3, 0.4) is 0 Å². The summed E-state index contributed by atoms with van der Waals surface area (Å²) in [6.07, 6.45) is 2.24. The highest BCUT2D eigenvalue weighted by Crippen LogP contribution is 2.27. The topological polar surface area (TPSA) is 46.6 Å². The number of methoxy groups -OCH3 is 1. The summed E-state index contributed by atoms with van der Waals surface area (Å²) in [5, 5.41) is 0. The van der Waals surface area contributed by atoms with Gasteiger partial charge in [-0.3, -0.25) is 4.79 Å². The van der Waals surface area contributed by atoms with Crippen LogP contribution in [-0.2, 0) is 14.3 Å². The number of ether oxygens (including phenoxy) is 1. The van der Waals surface area contributed by atoms with Crippen molar-refractivity contribution in [1.82, 2.24) is 4.90 Å². The second-order valence-corrected chi connectivity index (χ2v) is 5.12. The summed E-state index contributed by atoms with van der Waals surface area (Å²) in [5.74, 6) is -1.70. The van der Waals surface area contributed by atoms with Crippen LogP contribution >= 0.6 is 23.2 Å². The van der Waals surface area contributed by atoms with E-state index < -0.39 is 16.2 Å². The smallest absolute Gasteiger partial charge is 0.352 e. The molecule has 0 unspecified atom stereocenters. The van der Waals surface area contributed by atoms with Crippen LogP contribution < -0.4 is 0 Å². The van der Waals surface area contributed by atoms with Crippen molar-refractivity contribution >= 4 is 35.1 Å². The van der Waals surface area contributed by atoms with Crippen LogP contribution in [0.15, 0.2) is 12.3 Å². The third kappa shape index (κ3) is 4.18. The Morgan fingerprint density at radius 2 is 1.89 bits per heavy atom. The first kappa shape index (κ1) is 17.3. The molecule has 0 aromatic carbocycles. The third-order valence-electron chi connectivity index (χ3n) is 2.48. The minimum Gasteiger partial charge on any atom is -0.466 e. The van der Waals surface area contributed by atoms with Gasteiger partial charge in [0.15, 0.2) is 0 Å². The van der Waals surface area contributed by atoms with Crippen LogP contribution in [0.4, 0.5) is 0 Å². The van der Waals surface area contributed by atoms with Gasteiger partial charge in [0.2, 0.25) is 0 Å². The maximum Gasteiger partial charge on any atom is 0.352 e. The monoisotopic (exact) mass is 295 g/mol. The number of rotatable bonds is 7. The van der Waals surface area contributed by atoms with Gasteiger partial charge in [0.05, 0.1) is 7.11 Å². The minimum atomic E-state index is -2.22. The Morgan fingerprint density at radius 1 is 1.33 bits per heavy atom. The summed E-state index contributed by atoms with van der Waals surface area (Å²) < 4.78 is 2.20. The molecule has 0 bridgehead atoms. The van der Waals surface area contributed by atoms with E-state index in [0.29, 0.717) is 18.7 Å². The van der Waals surface area contributed by atoms with Crippen LogP contribution in [0.2, 0.25) is 0 Å². The van der Waals surface area contributed by atoms with E-state index in [9.17, 15) is 9.59 Å². The molecule has 4 nitrogen and oxygen atoms in total. The van der Waals surface area contributed by atoms with Crippen molar-refractivity contribution in [1.29, 1.82) is 0 Å². The van der Waals surface area contributed by atoms with Crippen LogP contribution in [0.1, 0.15) is 33.1 Å². The number of amides is 1. The van der Waals surface area contributed by atoms with Crippen LogP contribution in [0, 0.1) is 0 Å². The Morgan fingerprint density at radius 3 is 2.28 bits per heavy atom. The lowest BCUT2D eigenvalue weighted by molar-refractivity contribution is -0.147. The molecule has 0 radical (unpaired) electrons. The number of nitrogens with zero attached hydrogens (tertiary/aromatic N) is 1. The van der Waals surface area contributed by atoms with Gasteiger partial charge in [-0.05, 0) is 12.8 Å². The Labute approximate surface area is 118 Å². The van der Waals surface area contributed by atoms with E-state index in [1.54, 1.807) is 0 Å². The van der Waals surface area contributed by atoms with E-state index in [2.05, 4.69) is 11.3 Å². The van der Waals surface area contributed by atoms with E-state index >= 15 is 0 Å².